The van der Waals surface area contributed by atoms with Crippen molar-refractivity contribution in [2.45, 2.75) is 31.4 Å². The van der Waals surface area contributed by atoms with Gasteiger partial charge in [0.15, 0.2) is 11.6 Å². The SMILES string of the molecule is C=CC(=O)C[C@H]1CN(C(=O)NC)C[C@H]1Nc1ncc2cc(-c3c(Cl)c(OC)cc(OC)c3Cl)nc(NCC3CCCO3)c2n1. The van der Waals surface area contributed by atoms with E-state index < -0.39 is 0 Å². The molecule has 2 saturated heterocycles. The van der Waals surface area contributed by atoms with Gasteiger partial charge < -0.3 is 35.1 Å². The summed E-state index contributed by atoms with van der Waals surface area (Å²) in [6.07, 6.45) is 5.20. The van der Waals surface area contributed by atoms with Crippen molar-refractivity contribution in [2.24, 2.45) is 5.92 Å². The molecular formula is C30H35Cl2N7O5. The highest BCUT2D eigenvalue weighted by Crippen LogP contribution is 2.46. The number of nitrogens with one attached hydrogen (secondary N) is 3. The fourth-order valence-electron chi connectivity index (χ4n) is 5.56. The third-order valence-corrected chi connectivity index (χ3v) is 8.61. The molecule has 3 N–H and O–H groups in total. The molecule has 0 saturated carbocycles. The zero-order valence-electron chi connectivity index (χ0n) is 24.8. The molecule has 44 heavy (non-hydrogen) atoms. The maximum absolute atomic E-state index is 12.4. The van der Waals surface area contributed by atoms with Gasteiger partial charge in [0, 0.05) is 68.8 Å². The number of pyridine rings is 1. The summed E-state index contributed by atoms with van der Waals surface area (Å²) in [7, 11) is 4.60. The van der Waals surface area contributed by atoms with E-state index in [9.17, 15) is 9.59 Å². The summed E-state index contributed by atoms with van der Waals surface area (Å²) in [4.78, 5) is 40.6. The lowest BCUT2D eigenvalue weighted by Crippen LogP contribution is -2.37. The molecule has 0 aliphatic carbocycles. The van der Waals surface area contributed by atoms with Crippen LogP contribution in [0.5, 0.6) is 11.5 Å². The number of urea groups is 1. The molecule has 14 heteroatoms. The molecule has 0 spiro atoms. The second-order valence-corrected chi connectivity index (χ2v) is 11.4. The van der Waals surface area contributed by atoms with Crippen molar-refractivity contribution in [3.63, 3.8) is 0 Å². The number of carbonyl (C=O) groups excluding carboxylic acids is 2. The van der Waals surface area contributed by atoms with Gasteiger partial charge in [-0.1, -0.05) is 29.8 Å². The molecule has 0 radical (unpaired) electrons. The van der Waals surface area contributed by atoms with E-state index in [1.54, 1.807) is 30.3 Å². The first-order valence-corrected chi connectivity index (χ1v) is 15.0. The summed E-state index contributed by atoms with van der Waals surface area (Å²) < 4.78 is 16.8. The predicted molar refractivity (Wildman–Crippen MR) is 170 cm³/mol. The van der Waals surface area contributed by atoms with Crippen molar-refractivity contribution in [2.75, 3.05) is 58.1 Å². The van der Waals surface area contributed by atoms with E-state index in [0.29, 0.717) is 65.1 Å². The summed E-state index contributed by atoms with van der Waals surface area (Å²) in [6, 6.07) is 2.95. The molecular weight excluding hydrogens is 609 g/mol. The van der Waals surface area contributed by atoms with Crippen LogP contribution in [0.1, 0.15) is 19.3 Å². The maximum atomic E-state index is 12.4. The van der Waals surface area contributed by atoms with Crippen molar-refractivity contribution in [3.05, 3.63) is 41.0 Å². The Labute approximate surface area is 265 Å². The Balaban J connectivity index is 1.54. The Bertz CT molecular complexity index is 1540. The topological polar surface area (TPSA) is 140 Å². The summed E-state index contributed by atoms with van der Waals surface area (Å²) >= 11 is 13.5. The number of likely N-dealkylation sites (tertiary alicyclic amines) is 1. The average Bonchev–Trinajstić information content (AvgIpc) is 3.70. The molecule has 2 amide bonds. The second kappa shape index (κ2) is 13.8. The number of anilines is 2. The van der Waals surface area contributed by atoms with E-state index in [2.05, 4.69) is 27.5 Å². The maximum Gasteiger partial charge on any atom is 0.317 e. The molecule has 1 unspecified atom stereocenters. The van der Waals surface area contributed by atoms with Gasteiger partial charge in [0.25, 0.3) is 0 Å². The Hall–Kier alpha value is -3.87. The Morgan fingerprint density at radius 2 is 1.91 bits per heavy atom. The van der Waals surface area contributed by atoms with E-state index in [0.717, 1.165) is 19.4 Å². The zero-order chi connectivity index (χ0) is 31.4. The molecule has 1 aromatic carbocycles. The minimum atomic E-state index is -0.258. The number of ketones is 1. The minimum absolute atomic E-state index is 0.0383. The van der Waals surface area contributed by atoms with Gasteiger partial charge in [-0.15, -0.1) is 0 Å². The van der Waals surface area contributed by atoms with Crippen LogP contribution in [0.2, 0.25) is 10.0 Å². The number of rotatable bonds is 11. The quantitative estimate of drug-likeness (QED) is 0.250. The first-order chi connectivity index (χ1) is 21.3. The van der Waals surface area contributed by atoms with Crippen LogP contribution in [0, 0.1) is 5.92 Å². The number of fused-ring (bicyclic) bond motifs is 1. The molecule has 0 bridgehead atoms. The van der Waals surface area contributed by atoms with Crippen molar-refractivity contribution in [1.82, 2.24) is 25.2 Å². The molecule has 2 aromatic heterocycles. The average molecular weight is 645 g/mol. The van der Waals surface area contributed by atoms with Gasteiger partial charge in [0.2, 0.25) is 5.95 Å². The van der Waals surface area contributed by atoms with E-state index in [4.69, 9.17) is 47.4 Å². The first kappa shape index (κ1) is 31.6. The summed E-state index contributed by atoms with van der Waals surface area (Å²) in [6.45, 7) is 5.63. The van der Waals surface area contributed by atoms with Gasteiger partial charge in [-0.3, -0.25) is 4.79 Å². The van der Waals surface area contributed by atoms with Crippen LogP contribution in [0.3, 0.4) is 0 Å². The lowest BCUT2D eigenvalue weighted by Gasteiger charge is -2.20. The number of nitrogens with zero attached hydrogens (tertiary/aromatic N) is 4. The van der Waals surface area contributed by atoms with Crippen LogP contribution in [0.25, 0.3) is 22.2 Å². The zero-order valence-corrected chi connectivity index (χ0v) is 26.3. The van der Waals surface area contributed by atoms with Gasteiger partial charge in [0.05, 0.1) is 42.1 Å². The standard InChI is InChI=1S/C30H35Cl2N7O5/c1-5-18(40)9-17-14-39(30(41)33-2)15-21(17)37-29-35-12-16-10-20(24-25(31)22(42-3)11-23(43-4)26(24)32)36-28(27(16)38-29)34-13-19-7-6-8-44-19/h5,10-12,17,19,21H,1,6-9,13-15H2,2-4H3,(H,33,41)(H,34,36)(H,35,37,38)/t17-,19?,21+/m0/s1. The fourth-order valence-corrected chi connectivity index (χ4v) is 6.25. The molecule has 2 fully saturated rings. The van der Waals surface area contributed by atoms with E-state index in [-0.39, 0.29) is 46.3 Å². The fraction of sp³-hybridized carbons (Fsp3) is 0.433. The van der Waals surface area contributed by atoms with Crippen LogP contribution in [0.4, 0.5) is 16.6 Å². The number of allylic oxidation sites excluding steroid dienone is 1. The summed E-state index contributed by atoms with van der Waals surface area (Å²) in [5.41, 5.74) is 1.49. The number of carbonyl (C=O) groups is 2. The monoisotopic (exact) mass is 643 g/mol. The number of ether oxygens (including phenoxy) is 3. The predicted octanol–water partition coefficient (Wildman–Crippen LogP) is 4.80. The molecule has 234 valence electrons. The molecule has 3 aromatic rings. The number of hydrogen-bond acceptors (Lipinski definition) is 10. The number of amides is 2. The van der Waals surface area contributed by atoms with Crippen molar-refractivity contribution >= 4 is 57.7 Å². The Morgan fingerprint density at radius 1 is 1.16 bits per heavy atom. The van der Waals surface area contributed by atoms with Crippen LogP contribution in [-0.2, 0) is 9.53 Å². The summed E-state index contributed by atoms with van der Waals surface area (Å²) in [5.74, 6) is 1.36. The third-order valence-electron chi connectivity index (χ3n) is 7.86. The normalized spacial score (nSPS) is 19.6. The third kappa shape index (κ3) is 6.62. The van der Waals surface area contributed by atoms with Crippen molar-refractivity contribution in [3.8, 4) is 22.8 Å². The molecule has 12 nitrogen and oxygen atoms in total. The van der Waals surface area contributed by atoms with Crippen LogP contribution >= 0.6 is 23.2 Å². The number of halogens is 2. The van der Waals surface area contributed by atoms with Gasteiger partial charge in [-0.05, 0) is 25.0 Å². The van der Waals surface area contributed by atoms with Crippen LogP contribution < -0.4 is 25.4 Å². The van der Waals surface area contributed by atoms with Crippen LogP contribution in [0.15, 0.2) is 31.0 Å². The molecule has 2 aliphatic heterocycles. The van der Waals surface area contributed by atoms with E-state index in [1.807, 2.05) is 0 Å². The molecule has 5 rings (SSSR count). The minimum Gasteiger partial charge on any atom is -0.495 e. The Morgan fingerprint density at radius 3 is 2.55 bits per heavy atom. The van der Waals surface area contributed by atoms with Gasteiger partial charge in [0.1, 0.15) is 17.0 Å². The van der Waals surface area contributed by atoms with E-state index >= 15 is 0 Å². The molecule has 3 atom stereocenters. The number of benzene rings is 1. The highest BCUT2D eigenvalue weighted by molar-refractivity contribution is 6.41. The van der Waals surface area contributed by atoms with Gasteiger partial charge in [-0.2, -0.15) is 0 Å². The largest absolute Gasteiger partial charge is 0.495 e. The molecule has 4 heterocycles. The highest BCUT2D eigenvalue weighted by Gasteiger charge is 2.36. The second-order valence-electron chi connectivity index (χ2n) is 10.6. The summed E-state index contributed by atoms with van der Waals surface area (Å²) in [5, 5.41) is 10.7. The highest BCUT2D eigenvalue weighted by atomic mass is 35.5. The lowest BCUT2D eigenvalue weighted by molar-refractivity contribution is -0.115. The van der Waals surface area contributed by atoms with Crippen molar-refractivity contribution < 1.29 is 23.8 Å². The first-order valence-electron chi connectivity index (χ1n) is 14.3. The van der Waals surface area contributed by atoms with E-state index in [1.165, 1.54) is 20.3 Å². The Kier molecular flexibility index (Phi) is 9.92. The van der Waals surface area contributed by atoms with Gasteiger partial charge >= 0.3 is 6.03 Å². The number of aromatic nitrogens is 3. The molecule has 2 aliphatic rings. The van der Waals surface area contributed by atoms with Crippen LogP contribution in [-0.4, -0.2) is 91.3 Å². The smallest absolute Gasteiger partial charge is 0.317 e. The lowest BCUT2D eigenvalue weighted by atomic mass is 9.97. The number of hydrogen-bond donors (Lipinski definition) is 3. The van der Waals surface area contributed by atoms with Gasteiger partial charge in [-0.25, -0.2) is 19.7 Å². The number of methoxy groups -OCH3 is 2. The van der Waals surface area contributed by atoms with Crippen molar-refractivity contribution in [1.29, 1.82) is 0 Å².